The smallest absolute Gasteiger partial charge is 0.213 e. The fourth-order valence-corrected chi connectivity index (χ4v) is 1.74. The summed E-state index contributed by atoms with van der Waals surface area (Å²) in [5.41, 5.74) is 1.04. The molecule has 2 aromatic heterocycles. The minimum atomic E-state index is -1.39. The molecule has 98 valence electrons. The van der Waals surface area contributed by atoms with E-state index >= 15 is 0 Å². The lowest BCUT2D eigenvalue weighted by Crippen LogP contribution is -2.23. The molecule has 0 saturated carbocycles. The average Bonchev–Trinajstić information content (AvgIpc) is 2.38. The maximum Gasteiger partial charge on any atom is 0.213 e. The van der Waals surface area contributed by atoms with Crippen LogP contribution >= 0.6 is 0 Å². The zero-order chi connectivity index (χ0) is 14.0. The number of methoxy groups -OCH3 is 1. The van der Waals surface area contributed by atoms with Crippen molar-refractivity contribution in [2.75, 3.05) is 7.11 Å². The highest BCUT2D eigenvalue weighted by molar-refractivity contribution is 5.95. The van der Waals surface area contributed by atoms with E-state index in [-0.39, 0.29) is 16.9 Å². The number of aromatic carboxylic acids is 1. The molecule has 19 heavy (non-hydrogen) atoms. The van der Waals surface area contributed by atoms with Crippen molar-refractivity contribution in [3.05, 3.63) is 41.7 Å². The van der Waals surface area contributed by atoms with Crippen molar-refractivity contribution in [3.63, 3.8) is 0 Å². The van der Waals surface area contributed by atoms with E-state index in [0.29, 0.717) is 11.3 Å². The predicted octanol–water partition coefficient (Wildman–Crippen LogP) is 0.963. The molecule has 5 nitrogen and oxygen atoms in total. The molecule has 0 N–H and O–H groups in total. The summed E-state index contributed by atoms with van der Waals surface area (Å²) >= 11 is 0. The van der Waals surface area contributed by atoms with Crippen LogP contribution in [0.4, 0.5) is 4.39 Å². The summed E-state index contributed by atoms with van der Waals surface area (Å²) in [7, 11) is 1.39. The fourth-order valence-electron chi connectivity index (χ4n) is 1.74. The maximum atomic E-state index is 13.3. The molecular weight excluding hydrogens is 251 g/mol. The first-order chi connectivity index (χ1) is 9.02. The fraction of sp³-hybridized carbons (Fsp3) is 0.154. The van der Waals surface area contributed by atoms with Crippen LogP contribution in [0.25, 0.3) is 11.1 Å². The third kappa shape index (κ3) is 2.52. The standard InChI is InChI=1S/C13H11FN2O3/c1-7-3-8(10(5-15-7)13(17)18)9-4-12(14)16-6-11(9)19-2/h3-6H,1-2H3,(H,17,18)/p-1. The van der Waals surface area contributed by atoms with E-state index in [9.17, 15) is 14.3 Å². The van der Waals surface area contributed by atoms with Crippen LogP contribution in [0, 0.1) is 12.9 Å². The van der Waals surface area contributed by atoms with Crippen LogP contribution in [0.2, 0.25) is 0 Å². The number of hydrogen-bond donors (Lipinski definition) is 0. The number of aryl methyl sites for hydroxylation is 1. The van der Waals surface area contributed by atoms with E-state index in [1.807, 2.05) is 0 Å². The topological polar surface area (TPSA) is 75.1 Å². The number of carboxylic acid groups (broad SMARTS) is 1. The zero-order valence-electron chi connectivity index (χ0n) is 10.3. The SMILES string of the molecule is COc1cnc(F)cc1-c1cc(C)ncc1C(=O)[O-]. The molecule has 2 aromatic rings. The Bertz CT molecular complexity index is 644. The van der Waals surface area contributed by atoms with E-state index in [0.717, 1.165) is 6.07 Å². The summed E-state index contributed by atoms with van der Waals surface area (Å²) in [5.74, 6) is -1.84. The summed E-state index contributed by atoms with van der Waals surface area (Å²) < 4.78 is 18.3. The number of rotatable bonds is 3. The summed E-state index contributed by atoms with van der Waals surface area (Å²) in [6, 6.07) is 2.64. The molecule has 0 saturated heterocycles. The third-order valence-electron chi connectivity index (χ3n) is 2.60. The highest BCUT2D eigenvalue weighted by Gasteiger charge is 2.13. The van der Waals surface area contributed by atoms with Gasteiger partial charge in [-0.2, -0.15) is 4.39 Å². The Balaban J connectivity index is 2.73. The predicted molar refractivity (Wildman–Crippen MR) is 63.0 cm³/mol. The van der Waals surface area contributed by atoms with E-state index < -0.39 is 11.9 Å². The monoisotopic (exact) mass is 261 g/mol. The van der Waals surface area contributed by atoms with Crippen molar-refractivity contribution in [2.24, 2.45) is 0 Å². The number of carboxylic acids is 1. The second-order valence-electron chi connectivity index (χ2n) is 3.87. The molecule has 0 unspecified atom stereocenters. The van der Waals surface area contributed by atoms with Crippen molar-refractivity contribution in [2.45, 2.75) is 6.92 Å². The number of halogens is 1. The van der Waals surface area contributed by atoms with Crippen LogP contribution in [0.5, 0.6) is 5.75 Å². The van der Waals surface area contributed by atoms with Crippen LogP contribution in [-0.2, 0) is 0 Å². The van der Waals surface area contributed by atoms with Gasteiger partial charge >= 0.3 is 0 Å². The van der Waals surface area contributed by atoms with Gasteiger partial charge < -0.3 is 14.6 Å². The first-order valence-corrected chi connectivity index (χ1v) is 5.41. The van der Waals surface area contributed by atoms with Gasteiger partial charge in [-0.25, -0.2) is 4.98 Å². The van der Waals surface area contributed by atoms with Crippen LogP contribution in [0.15, 0.2) is 24.5 Å². The van der Waals surface area contributed by atoms with Crippen molar-refractivity contribution in [1.29, 1.82) is 0 Å². The molecule has 0 amide bonds. The summed E-state index contributed by atoms with van der Waals surface area (Å²) in [6.45, 7) is 1.70. The Morgan fingerprint density at radius 1 is 1.26 bits per heavy atom. The zero-order valence-corrected chi connectivity index (χ0v) is 10.3. The highest BCUT2D eigenvalue weighted by Crippen LogP contribution is 2.32. The van der Waals surface area contributed by atoms with Crippen molar-refractivity contribution >= 4 is 5.97 Å². The van der Waals surface area contributed by atoms with Gasteiger partial charge in [0, 0.05) is 29.1 Å². The Labute approximate surface area is 108 Å². The largest absolute Gasteiger partial charge is 0.545 e. The maximum absolute atomic E-state index is 13.3. The average molecular weight is 261 g/mol. The summed E-state index contributed by atoms with van der Waals surface area (Å²) in [5, 5.41) is 11.1. The molecular formula is C13H10FN2O3-. The molecule has 0 radical (unpaired) electrons. The Kier molecular flexibility index (Phi) is 3.41. The lowest BCUT2D eigenvalue weighted by atomic mass is 10.0. The number of pyridine rings is 2. The van der Waals surface area contributed by atoms with Crippen molar-refractivity contribution < 1.29 is 19.0 Å². The van der Waals surface area contributed by atoms with Gasteiger partial charge in [0.2, 0.25) is 5.95 Å². The molecule has 0 atom stereocenters. The molecule has 0 bridgehead atoms. The van der Waals surface area contributed by atoms with E-state index in [1.54, 1.807) is 6.92 Å². The van der Waals surface area contributed by atoms with Gasteiger partial charge in [0.25, 0.3) is 0 Å². The summed E-state index contributed by atoms with van der Waals surface area (Å²) in [4.78, 5) is 18.4. The van der Waals surface area contributed by atoms with Crippen molar-refractivity contribution in [3.8, 4) is 16.9 Å². The van der Waals surface area contributed by atoms with E-state index in [2.05, 4.69) is 9.97 Å². The van der Waals surface area contributed by atoms with Gasteiger partial charge in [0.05, 0.1) is 19.3 Å². The third-order valence-corrected chi connectivity index (χ3v) is 2.60. The van der Waals surface area contributed by atoms with E-state index in [4.69, 9.17) is 4.74 Å². The molecule has 0 spiro atoms. The van der Waals surface area contributed by atoms with Gasteiger partial charge in [-0.3, -0.25) is 4.98 Å². The number of carbonyl (C=O) groups excluding carboxylic acids is 1. The minimum absolute atomic E-state index is 0.130. The van der Waals surface area contributed by atoms with Crippen LogP contribution in [0.3, 0.4) is 0 Å². The lowest BCUT2D eigenvalue weighted by molar-refractivity contribution is -0.255. The second kappa shape index (κ2) is 5.01. The molecule has 0 aliphatic carbocycles. The number of carbonyl (C=O) groups is 1. The molecule has 2 heterocycles. The highest BCUT2D eigenvalue weighted by atomic mass is 19.1. The molecule has 0 aromatic carbocycles. The second-order valence-corrected chi connectivity index (χ2v) is 3.87. The normalized spacial score (nSPS) is 10.3. The van der Waals surface area contributed by atoms with Crippen LogP contribution in [0.1, 0.15) is 16.1 Å². The van der Waals surface area contributed by atoms with Gasteiger partial charge in [-0.05, 0) is 18.6 Å². The summed E-state index contributed by atoms with van der Waals surface area (Å²) in [6.07, 6.45) is 2.37. The quantitative estimate of drug-likeness (QED) is 0.769. The van der Waals surface area contributed by atoms with Gasteiger partial charge in [-0.15, -0.1) is 0 Å². The molecule has 6 heteroatoms. The van der Waals surface area contributed by atoms with Crippen molar-refractivity contribution in [1.82, 2.24) is 9.97 Å². The number of hydrogen-bond acceptors (Lipinski definition) is 5. The van der Waals surface area contributed by atoms with E-state index in [1.165, 1.54) is 25.6 Å². The molecule has 0 aliphatic rings. The first-order valence-electron chi connectivity index (χ1n) is 5.41. The molecule has 0 aliphatic heterocycles. The van der Waals surface area contributed by atoms with Gasteiger partial charge in [0.1, 0.15) is 5.75 Å². The van der Waals surface area contributed by atoms with Crippen LogP contribution in [-0.4, -0.2) is 23.0 Å². The van der Waals surface area contributed by atoms with Crippen LogP contribution < -0.4 is 9.84 Å². The number of nitrogens with zero attached hydrogens (tertiary/aromatic N) is 2. The van der Waals surface area contributed by atoms with Gasteiger partial charge in [-0.1, -0.05) is 0 Å². The Hall–Kier alpha value is -2.50. The Morgan fingerprint density at radius 3 is 2.63 bits per heavy atom. The Morgan fingerprint density at radius 2 is 2.00 bits per heavy atom. The first kappa shape index (κ1) is 12.9. The lowest BCUT2D eigenvalue weighted by Gasteiger charge is -2.13. The number of aromatic nitrogens is 2. The molecule has 0 fully saturated rings. The minimum Gasteiger partial charge on any atom is -0.545 e. The van der Waals surface area contributed by atoms with Gasteiger partial charge in [0.15, 0.2) is 0 Å². The molecule has 2 rings (SSSR count). The number of ether oxygens (including phenoxy) is 1.